The molecular formula is C16H29N5OS. The Labute approximate surface area is 143 Å². The lowest BCUT2D eigenvalue weighted by Gasteiger charge is -2.25. The van der Waals surface area contributed by atoms with Crippen LogP contribution in [-0.2, 0) is 12.1 Å². The molecule has 1 aromatic heterocycles. The molecule has 1 aliphatic rings. The first kappa shape index (κ1) is 18.1. The number of likely N-dealkylation sites (tertiary alicyclic amines) is 1. The van der Waals surface area contributed by atoms with Gasteiger partial charge >= 0.3 is 6.03 Å². The maximum atomic E-state index is 12.5. The minimum atomic E-state index is -0.137. The molecule has 0 spiro atoms. The summed E-state index contributed by atoms with van der Waals surface area (Å²) in [5.41, 5.74) is -0.137. The molecule has 2 rings (SSSR count). The van der Waals surface area contributed by atoms with Gasteiger partial charge in [0.2, 0.25) is 0 Å². The number of carbonyl (C=O) groups is 1. The van der Waals surface area contributed by atoms with E-state index in [4.69, 9.17) is 0 Å². The highest BCUT2D eigenvalue weighted by Gasteiger charge is 2.23. The third-order valence-corrected chi connectivity index (χ3v) is 5.16. The number of carbonyl (C=O) groups excluding carboxylic acids is 1. The van der Waals surface area contributed by atoms with Gasteiger partial charge in [-0.25, -0.2) is 14.5 Å². The fourth-order valence-corrected chi connectivity index (χ4v) is 3.96. The smallest absolute Gasteiger partial charge is 0.317 e. The number of urea groups is 1. The molecule has 1 aromatic rings. The van der Waals surface area contributed by atoms with Gasteiger partial charge in [0.15, 0.2) is 0 Å². The van der Waals surface area contributed by atoms with Gasteiger partial charge in [-0.2, -0.15) is 16.9 Å². The second-order valence-electron chi connectivity index (χ2n) is 6.94. The lowest BCUT2D eigenvalue weighted by Crippen LogP contribution is -2.43. The molecule has 0 saturated carbocycles. The van der Waals surface area contributed by atoms with Crippen LogP contribution in [0, 0.1) is 0 Å². The molecule has 0 unspecified atom stereocenters. The van der Waals surface area contributed by atoms with Crippen LogP contribution in [0.1, 0.15) is 52.8 Å². The van der Waals surface area contributed by atoms with E-state index in [1.165, 1.54) is 12.8 Å². The summed E-state index contributed by atoms with van der Waals surface area (Å²) >= 11 is 1.96. The highest BCUT2D eigenvalue weighted by atomic mass is 32.2. The number of rotatable bonds is 4. The lowest BCUT2D eigenvalue weighted by atomic mass is 10.1. The Bertz CT molecular complexity index is 511. The normalized spacial score (nSPS) is 19.5. The van der Waals surface area contributed by atoms with Gasteiger partial charge in [0, 0.05) is 18.3 Å². The van der Waals surface area contributed by atoms with Crippen molar-refractivity contribution in [2.75, 3.05) is 18.8 Å². The van der Waals surface area contributed by atoms with Crippen LogP contribution in [0.4, 0.5) is 4.79 Å². The molecule has 0 aromatic carbocycles. The van der Waals surface area contributed by atoms with Crippen LogP contribution in [0.15, 0.2) is 6.33 Å². The van der Waals surface area contributed by atoms with Crippen LogP contribution < -0.4 is 5.32 Å². The van der Waals surface area contributed by atoms with Gasteiger partial charge in [0.1, 0.15) is 12.2 Å². The molecular weight excluding hydrogens is 310 g/mol. The Morgan fingerprint density at radius 1 is 1.43 bits per heavy atom. The van der Waals surface area contributed by atoms with Crippen molar-refractivity contribution in [3.8, 4) is 0 Å². The minimum Gasteiger partial charge on any atom is -0.331 e. The number of nitrogens with zero attached hydrogens (tertiary/aromatic N) is 4. The Morgan fingerprint density at radius 3 is 2.91 bits per heavy atom. The molecule has 1 saturated heterocycles. The van der Waals surface area contributed by atoms with Crippen molar-refractivity contribution >= 4 is 17.8 Å². The molecule has 1 aliphatic heterocycles. The first-order valence-corrected chi connectivity index (χ1v) is 9.50. The Balaban J connectivity index is 1.92. The quantitative estimate of drug-likeness (QED) is 0.916. The number of nitrogens with one attached hydrogen (secondary N) is 1. The molecule has 0 bridgehead atoms. The Morgan fingerprint density at radius 2 is 2.22 bits per heavy atom. The summed E-state index contributed by atoms with van der Waals surface area (Å²) in [4.78, 5) is 18.7. The summed E-state index contributed by atoms with van der Waals surface area (Å²) in [6, 6.07) is 0.0112. The van der Waals surface area contributed by atoms with E-state index in [1.54, 1.807) is 6.33 Å². The van der Waals surface area contributed by atoms with Gasteiger partial charge in [-0.15, -0.1) is 0 Å². The van der Waals surface area contributed by atoms with E-state index < -0.39 is 0 Å². The van der Waals surface area contributed by atoms with E-state index in [2.05, 4.69) is 43.1 Å². The maximum Gasteiger partial charge on any atom is 0.317 e. The van der Waals surface area contributed by atoms with Gasteiger partial charge in [-0.05, 0) is 39.4 Å². The number of amides is 2. The fourth-order valence-electron chi connectivity index (χ4n) is 2.87. The van der Waals surface area contributed by atoms with Crippen LogP contribution in [0.5, 0.6) is 0 Å². The standard InChI is InChI=1S/C16H29N5OS/c1-5-23-13-8-6-7-9-20(11-13)15(22)17-10-14-18-12-19-21(14)16(2,3)4/h12-13H,5-11H2,1-4H3,(H,17,22)/t13-/m1/s1. The van der Waals surface area contributed by atoms with E-state index in [0.717, 1.165) is 31.1 Å². The van der Waals surface area contributed by atoms with E-state index >= 15 is 0 Å². The number of hydrogen-bond donors (Lipinski definition) is 1. The van der Waals surface area contributed by atoms with Crippen molar-refractivity contribution in [1.82, 2.24) is 25.0 Å². The molecule has 130 valence electrons. The SMILES string of the molecule is CCS[C@@H]1CCCCN(C(=O)NCc2ncnn2C(C)(C)C)C1. The predicted octanol–water partition coefficient (Wildman–Crippen LogP) is 2.85. The van der Waals surface area contributed by atoms with Gasteiger partial charge in [0.05, 0.1) is 12.1 Å². The summed E-state index contributed by atoms with van der Waals surface area (Å²) in [7, 11) is 0. The lowest BCUT2D eigenvalue weighted by molar-refractivity contribution is 0.199. The Hall–Kier alpha value is -1.24. The second-order valence-corrected chi connectivity index (χ2v) is 8.51. The summed E-state index contributed by atoms with van der Waals surface area (Å²) in [5.74, 6) is 1.90. The summed E-state index contributed by atoms with van der Waals surface area (Å²) in [6.45, 7) is 10.5. The molecule has 6 nitrogen and oxygen atoms in total. The number of hydrogen-bond acceptors (Lipinski definition) is 4. The number of aromatic nitrogens is 3. The van der Waals surface area contributed by atoms with E-state index in [9.17, 15) is 4.79 Å². The highest BCUT2D eigenvalue weighted by molar-refractivity contribution is 7.99. The van der Waals surface area contributed by atoms with Crippen LogP contribution in [-0.4, -0.2) is 49.8 Å². The van der Waals surface area contributed by atoms with E-state index in [-0.39, 0.29) is 11.6 Å². The van der Waals surface area contributed by atoms with Gasteiger partial charge in [-0.3, -0.25) is 0 Å². The minimum absolute atomic E-state index is 0.0112. The average Bonchev–Trinajstić information content (AvgIpc) is 2.85. The van der Waals surface area contributed by atoms with Gasteiger partial charge in [-0.1, -0.05) is 13.3 Å². The Kier molecular flexibility index (Phi) is 6.33. The molecule has 0 aliphatic carbocycles. The molecule has 2 heterocycles. The first-order chi connectivity index (χ1) is 10.9. The number of thioether (sulfide) groups is 1. The molecule has 2 amide bonds. The zero-order chi connectivity index (χ0) is 16.9. The second kappa shape index (κ2) is 8.04. The zero-order valence-corrected chi connectivity index (χ0v) is 15.5. The van der Waals surface area contributed by atoms with Crippen molar-refractivity contribution in [2.24, 2.45) is 0 Å². The predicted molar refractivity (Wildman–Crippen MR) is 94.6 cm³/mol. The van der Waals surface area contributed by atoms with E-state index in [1.807, 2.05) is 21.3 Å². The molecule has 1 fully saturated rings. The molecule has 1 N–H and O–H groups in total. The molecule has 0 radical (unpaired) electrons. The van der Waals surface area contributed by atoms with Crippen molar-refractivity contribution in [3.63, 3.8) is 0 Å². The fraction of sp³-hybridized carbons (Fsp3) is 0.812. The largest absolute Gasteiger partial charge is 0.331 e. The average molecular weight is 340 g/mol. The van der Waals surface area contributed by atoms with Crippen LogP contribution in [0.3, 0.4) is 0 Å². The third kappa shape index (κ3) is 5.12. The maximum absolute atomic E-state index is 12.5. The molecule has 1 atom stereocenters. The van der Waals surface area contributed by atoms with Gasteiger partial charge < -0.3 is 10.2 Å². The summed E-state index contributed by atoms with van der Waals surface area (Å²) in [6.07, 6.45) is 5.05. The molecule has 7 heteroatoms. The zero-order valence-electron chi connectivity index (χ0n) is 14.7. The summed E-state index contributed by atoms with van der Waals surface area (Å²) < 4.78 is 1.87. The van der Waals surface area contributed by atoms with Crippen molar-refractivity contribution < 1.29 is 4.79 Å². The van der Waals surface area contributed by atoms with Crippen LogP contribution >= 0.6 is 11.8 Å². The third-order valence-electron chi connectivity index (χ3n) is 3.97. The van der Waals surface area contributed by atoms with Crippen molar-refractivity contribution in [2.45, 2.75) is 64.3 Å². The van der Waals surface area contributed by atoms with Gasteiger partial charge in [0.25, 0.3) is 0 Å². The summed E-state index contributed by atoms with van der Waals surface area (Å²) in [5, 5.41) is 7.84. The highest BCUT2D eigenvalue weighted by Crippen LogP contribution is 2.22. The van der Waals surface area contributed by atoms with E-state index in [0.29, 0.717) is 11.8 Å². The topological polar surface area (TPSA) is 63.1 Å². The van der Waals surface area contributed by atoms with Crippen molar-refractivity contribution in [3.05, 3.63) is 12.2 Å². The molecule has 23 heavy (non-hydrogen) atoms. The monoisotopic (exact) mass is 339 g/mol. The van der Waals surface area contributed by atoms with Crippen molar-refractivity contribution in [1.29, 1.82) is 0 Å². The van der Waals surface area contributed by atoms with Crippen LogP contribution in [0.25, 0.3) is 0 Å². The van der Waals surface area contributed by atoms with Crippen LogP contribution in [0.2, 0.25) is 0 Å². The first-order valence-electron chi connectivity index (χ1n) is 8.45.